The molecule has 2 N–H and O–H groups in total. The summed E-state index contributed by atoms with van der Waals surface area (Å²) in [6.45, 7) is 2.06. The fraction of sp³-hybridized carbons (Fsp3) is 0.933. The van der Waals surface area contributed by atoms with Crippen LogP contribution < -0.4 is 5.73 Å². The van der Waals surface area contributed by atoms with Gasteiger partial charge in [-0.3, -0.25) is 4.79 Å². The molecule has 6 atom stereocenters. The van der Waals surface area contributed by atoms with E-state index in [4.69, 9.17) is 5.73 Å². The molecule has 3 aliphatic carbocycles. The molecule has 0 radical (unpaired) electrons. The average molecular weight is 285 g/mol. The molecule has 4 aliphatic rings. The summed E-state index contributed by atoms with van der Waals surface area (Å²) in [7, 11) is 0. The molecule has 4 rings (SSSR count). The predicted octanol–water partition coefficient (Wildman–Crippen LogP) is 2.04. The molecule has 0 aromatic heterocycles. The SMILES string of the molecule is Cl.NC1C2CCC(C2)C1C(=O)N1CC2CCCC2C1. The van der Waals surface area contributed by atoms with Crippen LogP contribution in [0.25, 0.3) is 0 Å². The van der Waals surface area contributed by atoms with Crippen molar-refractivity contribution in [2.24, 2.45) is 35.3 Å². The van der Waals surface area contributed by atoms with E-state index in [9.17, 15) is 4.79 Å². The number of halogens is 1. The number of nitrogens with two attached hydrogens (primary N) is 1. The zero-order valence-corrected chi connectivity index (χ0v) is 12.3. The van der Waals surface area contributed by atoms with Gasteiger partial charge in [-0.25, -0.2) is 0 Å². The van der Waals surface area contributed by atoms with Gasteiger partial charge in [0.15, 0.2) is 0 Å². The van der Waals surface area contributed by atoms with Gasteiger partial charge in [0.2, 0.25) is 5.91 Å². The summed E-state index contributed by atoms with van der Waals surface area (Å²) in [6, 6.07) is 0.164. The monoisotopic (exact) mass is 284 g/mol. The van der Waals surface area contributed by atoms with Gasteiger partial charge in [0.25, 0.3) is 0 Å². The molecule has 1 aliphatic heterocycles. The normalized spacial score (nSPS) is 47.3. The maximum absolute atomic E-state index is 12.7. The number of likely N-dealkylation sites (tertiary alicyclic amines) is 1. The van der Waals surface area contributed by atoms with Gasteiger partial charge in [0.05, 0.1) is 5.92 Å². The lowest BCUT2D eigenvalue weighted by Gasteiger charge is -2.31. The predicted molar refractivity (Wildman–Crippen MR) is 77.0 cm³/mol. The third-order valence-corrected chi connectivity index (χ3v) is 6.30. The minimum absolute atomic E-state index is 0. The summed E-state index contributed by atoms with van der Waals surface area (Å²) in [5.74, 6) is 3.45. The first-order valence-corrected chi connectivity index (χ1v) is 7.78. The number of carbonyl (C=O) groups excluding carboxylic acids is 1. The van der Waals surface area contributed by atoms with Gasteiger partial charge in [-0.1, -0.05) is 6.42 Å². The van der Waals surface area contributed by atoms with Gasteiger partial charge in [0, 0.05) is 19.1 Å². The van der Waals surface area contributed by atoms with Crippen LogP contribution in [0.15, 0.2) is 0 Å². The first kappa shape index (κ1) is 13.7. The molecule has 1 heterocycles. The highest BCUT2D eigenvalue weighted by Crippen LogP contribution is 2.49. The van der Waals surface area contributed by atoms with Crippen molar-refractivity contribution < 1.29 is 4.79 Å². The topological polar surface area (TPSA) is 46.3 Å². The van der Waals surface area contributed by atoms with Crippen molar-refractivity contribution in [3.63, 3.8) is 0 Å². The number of amides is 1. The maximum atomic E-state index is 12.7. The lowest BCUT2D eigenvalue weighted by atomic mass is 9.84. The standard InChI is InChI=1S/C15H24N2O.ClH/c16-14-10-5-4-9(6-10)13(14)15(18)17-7-11-2-1-3-12(11)8-17;/h9-14H,1-8,16H2;1H. The Bertz CT molecular complexity index is 361. The molecular weight excluding hydrogens is 260 g/mol. The van der Waals surface area contributed by atoms with Crippen LogP contribution >= 0.6 is 12.4 Å². The number of hydrogen-bond acceptors (Lipinski definition) is 2. The Hall–Kier alpha value is -0.280. The van der Waals surface area contributed by atoms with Crippen LogP contribution in [-0.4, -0.2) is 29.9 Å². The summed E-state index contributed by atoms with van der Waals surface area (Å²) in [4.78, 5) is 14.9. The van der Waals surface area contributed by atoms with E-state index in [1.165, 1.54) is 38.5 Å². The molecule has 6 unspecified atom stereocenters. The van der Waals surface area contributed by atoms with E-state index in [2.05, 4.69) is 4.90 Å². The van der Waals surface area contributed by atoms with Gasteiger partial charge >= 0.3 is 0 Å². The van der Waals surface area contributed by atoms with Crippen molar-refractivity contribution in [3.05, 3.63) is 0 Å². The Morgan fingerprint density at radius 1 is 0.947 bits per heavy atom. The summed E-state index contributed by atoms with van der Waals surface area (Å²) in [6.07, 6.45) is 7.80. The van der Waals surface area contributed by atoms with Crippen LogP contribution in [0.2, 0.25) is 0 Å². The van der Waals surface area contributed by atoms with Crippen molar-refractivity contribution in [2.45, 2.75) is 44.6 Å². The highest BCUT2D eigenvalue weighted by Gasteiger charge is 2.51. The van der Waals surface area contributed by atoms with Crippen molar-refractivity contribution in [1.82, 2.24) is 4.90 Å². The molecule has 1 saturated heterocycles. The molecule has 4 heteroatoms. The first-order chi connectivity index (χ1) is 8.74. The van der Waals surface area contributed by atoms with Crippen LogP contribution in [0.5, 0.6) is 0 Å². The van der Waals surface area contributed by atoms with Gasteiger partial charge < -0.3 is 10.6 Å². The van der Waals surface area contributed by atoms with Crippen LogP contribution in [-0.2, 0) is 4.79 Å². The quantitative estimate of drug-likeness (QED) is 0.801. The number of carbonyl (C=O) groups is 1. The zero-order valence-electron chi connectivity index (χ0n) is 11.5. The molecule has 3 saturated carbocycles. The Kier molecular flexibility index (Phi) is 3.55. The van der Waals surface area contributed by atoms with E-state index in [-0.39, 0.29) is 24.4 Å². The van der Waals surface area contributed by atoms with Crippen molar-refractivity contribution in [2.75, 3.05) is 13.1 Å². The lowest BCUT2D eigenvalue weighted by molar-refractivity contribution is -0.137. The molecular formula is C15H25ClN2O. The first-order valence-electron chi connectivity index (χ1n) is 7.78. The second-order valence-electron chi connectivity index (χ2n) is 7.13. The second kappa shape index (κ2) is 4.92. The Morgan fingerprint density at radius 2 is 1.58 bits per heavy atom. The van der Waals surface area contributed by atoms with Crippen molar-refractivity contribution in [3.8, 4) is 0 Å². The smallest absolute Gasteiger partial charge is 0.227 e. The molecule has 0 spiro atoms. The fourth-order valence-electron chi connectivity index (χ4n) is 5.33. The number of hydrogen-bond donors (Lipinski definition) is 1. The van der Waals surface area contributed by atoms with Crippen LogP contribution in [0.3, 0.4) is 0 Å². The molecule has 19 heavy (non-hydrogen) atoms. The maximum Gasteiger partial charge on any atom is 0.227 e. The van der Waals surface area contributed by atoms with E-state index >= 15 is 0 Å². The van der Waals surface area contributed by atoms with E-state index in [1.54, 1.807) is 0 Å². The van der Waals surface area contributed by atoms with Crippen molar-refractivity contribution >= 4 is 18.3 Å². The minimum atomic E-state index is 0. The number of nitrogens with zero attached hydrogens (tertiary/aromatic N) is 1. The fourth-order valence-corrected chi connectivity index (χ4v) is 5.33. The molecule has 2 bridgehead atoms. The minimum Gasteiger partial charge on any atom is -0.342 e. The number of rotatable bonds is 1. The van der Waals surface area contributed by atoms with E-state index < -0.39 is 0 Å². The Labute approximate surface area is 121 Å². The van der Waals surface area contributed by atoms with Crippen LogP contribution in [0.1, 0.15) is 38.5 Å². The molecule has 108 valence electrons. The largest absolute Gasteiger partial charge is 0.342 e. The van der Waals surface area contributed by atoms with E-state index in [0.717, 1.165) is 24.9 Å². The molecule has 4 fully saturated rings. The zero-order chi connectivity index (χ0) is 12.3. The lowest BCUT2D eigenvalue weighted by Crippen LogP contribution is -2.46. The van der Waals surface area contributed by atoms with Gasteiger partial charge in [-0.15, -0.1) is 12.4 Å². The second-order valence-corrected chi connectivity index (χ2v) is 7.13. The van der Waals surface area contributed by atoms with E-state index in [1.807, 2.05) is 0 Å². The summed E-state index contributed by atoms with van der Waals surface area (Å²) >= 11 is 0. The third kappa shape index (κ3) is 2.01. The van der Waals surface area contributed by atoms with Gasteiger partial charge in [-0.05, 0) is 55.8 Å². The van der Waals surface area contributed by atoms with Crippen LogP contribution in [0, 0.1) is 29.6 Å². The summed E-state index contributed by atoms with van der Waals surface area (Å²) in [5, 5.41) is 0. The Morgan fingerprint density at radius 3 is 2.16 bits per heavy atom. The average Bonchev–Trinajstić information content (AvgIpc) is 3.07. The summed E-state index contributed by atoms with van der Waals surface area (Å²) < 4.78 is 0. The number of fused-ring (bicyclic) bond motifs is 3. The molecule has 1 amide bonds. The van der Waals surface area contributed by atoms with Crippen molar-refractivity contribution in [1.29, 1.82) is 0 Å². The summed E-state index contributed by atoms with van der Waals surface area (Å²) in [5.41, 5.74) is 6.30. The molecule has 0 aromatic rings. The highest BCUT2D eigenvalue weighted by molar-refractivity contribution is 5.85. The van der Waals surface area contributed by atoms with Gasteiger partial charge in [-0.2, -0.15) is 0 Å². The highest BCUT2D eigenvalue weighted by atomic mass is 35.5. The van der Waals surface area contributed by atoms with Crippen LogP contribution in [0.4, 0.5) is 0 Å². The Balaban J connectivity index is 0.00000110. The molecule has 0 aromatic carbocycles. The third-order valence-electron chi connectivity index (χ3n) is 6.30. The molecule has 3 nitrogen and oxygen atoms in total. The van der Waals surface area contributed by atoms with Gasteiger partial charge in [0.1, 0.15) is 0 Å². The van der Waals surface area contributed by atoms with E-state index in [0.29, 0.717) is 17.7 Å².